The van der Waals surface area contributed by atoms with Crippen molar-refractivity contribution < 1.29 is 9.16 Å². The average molecular weight is 146 g/mol. The maximum absolute atomic E-state index is 5.17. The zero-order chi connectivity index (χ0) is 7.11. The van der Waals surface area contributed by atoms with E-state index in [0.29, 0.717) is 6.61 Å². The molecule has 0 aromatic heterocycles. The summed E-state index contributed by atoms with van der Waals surface area (Å²) in [6.45, 7) is 6.19. The second-order valence-corrected chi connectivity index (χ2v) is 2.22. The molecule has 0 saturated carbocycles. The molecule has 0 aliphatic heterocycles. The molecule has 1 atom stereocenters. The highest BCUT2D eigenvalue weighted by molar-refractivity contribution is 5.98. The average Bonchev–Trinajstić information content (AvgIpc) is 1.89. The normalized spacial score (nSPS) is 13.4. The first-order chi connectivity index (χ1) is 4.31. The third kappa shape index (κ3) is 5.75. The maximum Gasteiger partial charge on any atom is 0.149 e. The Kier molecular flexibility index (Phi) is 5.92. The van der Waals surface area contributed by atoms with Crippen molar-refractivity contribution in [3.8, 4) is 0 Å². The number of rotatable bonds is 5. The molecule has 0 aromatic carbocycles. The van der Waals surface area contributed by atoms with Gasteiger partial charge < -0.3 is 9.16 Å². The fraction of sp³-hybridized carbons (Fsp3) is 0.667. The van der Waals surface area contributed by atoms with Gasteiger partial charge in [0.25, 0.3) is 0 Å². The molecule has 0 radical (unpaired) electrons. The van der Waals surface area contributed by atoms with Crippen molar-refractivity contribution in [3.05, 3.63) is 12.7 Å². The predicted molar refractivity (Wildman–Crippen MR) is 41.3 cm³/mol. The Hall–Kier alpha value is -0.123. The van der Waals surface area contributed by atoms with E-state index < -0.39 is 0 Å². The Balaban J connectivity index is 2.96. The minimum Gasteiger partial charge on any atom is -0.404 e. The molecule has 0 fully saturated rings. The molecule has 3 heteroatoms. The predicted octanol–water partition coefficient (Wildman–Crippen LogP) is 0.222. The van der Waals surface area contributed by atoms with Crippen molar-refractivity contribution in [3.63, 3.8) is 0 Å². The van der Waals surface area contributed by atoms with E-state index in [1.54, 1.807) is 0 Å². The van der Waals surface area contributed by atoms with Gasteiger partial charge in [-0.25, -0.2) is 0 Å². The van der Waals surface area contributed by atoms with Crippen molar-refractivity contribution in [1.82, 2.24) is 0 Å². The van der Waals surface area contributed by atoms with E-state index in [9.17, 15) is 0 Å². The minimum atomic E-state index is -0.0309. The van der Waals surface area contributed by atoms with Crippen molar-refractivity contribution >= 4 is 10.5 Å². The van der Waals surface area contributed by atoms with Gasteiger partial charge in [0.05, 0.1) is 6.61 Å². The van der Waals surface area contributed by atoms with Crippen LogP contribution in [-0.4, -0.2) is 23.4 Å². The highest BCUT2D eigenvalue weighted by Crippen LogP contribution is 1.91. The second-order valence-electron chi connectivity index (χ2n) is 1.75. The standard InChI is InChI=1S/C6H14O2Si/c1-3-4-5-7-6(2)8-9/h3,6H,1,4-5H2,2,9H3. The van der Waals surface area contributed by atoms with Gasteiger partial charge in [0, 0.05) is 0 Å². The smallest absolute Gasteiger partial charge is 0.149 e. The van der Waals surface area contributed by atoms with Crippen LogP contribution < -0.4 is 0 Å². The minimum absolute atomic E-state index is 0.0309. The maximum atomic E-state index is 5.17. The molecular formula is C6H14O2Si. The quantitative estimate of drug-likeness (QED) is 0.239. The van der Waals surface area contributed by atoms with Crippen molar-refractivity contribution in [1.29, 1.82) is 0 Å². The zero-order valence-corrected chi connectivity index (χ0v) is 8.09. The molecule has 0 aliphatic rings. The van der Waals surface area contributed by atoms with Gasteiger partial charge in [-0.15, -0.1) is 6.58 Å². The highest BCUT2D eigenvalue weighted by Gasteiger charge is 1.93. The first-order valence-corrected chi connectivity index (χ1v) is 3.88. The third-order valence-corrected chi connectivity index (χ3v) is 1.67. The van der Waals surface area contributed by atoms with Crippen LogP contribution in [-0.2, 0) is 9.16 Å². The molecule has 0 heterocycles. The summed E-state index contributed by atoms with van der Waals surface area (Å²) in [5.74, 6) is 0. The van der Waals surface area contributed by atoms with Gasteiger partial charge in [-0.1, -0.05) is 6.08 Å². The molecule has 0 aliphatic carbocycles. The summed E-state index contributed by atoms with van der Waals surface area (Å²) >= 11 is 0. The molecule has 0 aromatic rings. The first-order valence-electron chi connectivity index (χ1n) is 3.06. The van der Waals surface area contributed by atoms with Crippen LogP contribution in [0.5, 0.6) is 0 Å². The molecule has 54 valence electrons. The Morgan fingerprint density at radius 2 is 2.44 bits per heavy atom. The Labute approximate surface area is 59.4 Å². The molecule has 2 nitrogen and oxygen atoms in total. The second kappa shape index (κ2) is 6.00. The molecular weight excluding hydrogens is 132 g/mol. The molecule has 9 heavy (non-hydrogen) atoms. The molecule has 0 rings (SSSR count). The Bertz CT molecular complexity index is 75.5. The van der Waals surface area contributed by atoms with E-state index in [4.69, 9.17) is 9.16 Å². The lowest BCUT2D eigenvalue weighted by Crippen LogP contribution is -2.11. The van der Waals surface area contributed by atoms with Gasteiger partial charge in [-0.05, 0) is 13.3 Å². The van der Waals surface area contributed by atoms with Gasteiger partial charge in [0.15, 0.2) is 0 Å². The summed E-state index contributed by atoms with van der Waals surface area (Å²) in [5, 5.41) is 0. The Morgan fingerprint density at radius 3 is 2.89 bits per heavy atom. The van der Waals surface area contributed by atoms with Crippen LogP contribution >= 0.6 is 0 Å². The monoisotopic (exact) mass is 146 g/mol. The van der Waals surface area contributed by atoms with E-state index in [-0.39, 0.29) is 6.29 Å². The van der Waals surface area contributed by atoms with Gasteiger partial charge in [-0.3, -0.25) is 0 Å². The molecule has 1 unspecified atom stereocenters. The lowest BCUT2D eigenvalue weighted by molar-refractivity contribution is -0.0609. The number of hydrogen-bond acceptors (Lipinski definition) is 2. The van der Waals surface area contributed by atoms with Crippen LogP contribution in [0.1, 0.15) is 13.3 Å². The van der Waals surface area contributed by atoms with Crippen molar-refractivity contribution in [2.24, 2.45) is 0 Å². The van der Waals surface area contributed by atoms with Crippen LogP contribution in [0, 0.1) is 0 Å². The largest absolute Gasteiger partial charge is 0.404 e. The highest BCUT2D eigenvalue weighted by atomic mass is 28.2. The van der Waals surface area contributed by atoms with E-state index in [2.05, 4.69) is 6.58 Å². The van der Waals surface area contributed by atoms with Gasteiger partial charge in [0.1, 0.15) is 16.8 Å². The van der Waals surface area contributed by atoms with E-state index in [1.165, 1.54) is 0 Å². The lowest BCUT2D eigenvalue weighted by atomic mass is 10.5. The van der Waals surface area contributed by atoms with Crippen molar-refractivity contribution in [2.75, 3.05) is 6.61 Å². The van der Waals surface area contributed by atoms with Gasteiger partial charge in [0.2, 0.25) is 0 Å². The fourth-order valence-electron chi connectivity index (χ4n) is 0.385. The molecule has 0 N–H and O–H groups in total. The third-order valence-electron chi connectivity index (χ3n) is 1.01. The van der Waals surface area contributed by atoms with Gasteiger partial charge in [-0.2, -0.15) is 0 Å². The molecule has 0 amide bonds. The lowest BCUT2D eigenvalue weighted by Gasteiger charge is -2.09. The molecule has 0 saturated heterocycles. The van der Waals surface area contributed by atoms with E-state index in [0.717, 1.165) is 16.9 Å². The number of ether oxygens (including phenoxy) is 1. The number of hydrogen-bond donors (Lipinski definition) is 0. The molecule has 0 spiro atoms. The summed E-state index contributed by atoms with van der Waals surface area (Å²) < 4.78 is 10.2. The van der Waals surface area contributed by atoms with Gasteiger partial charge >= 0.3 is 0 Å². The molecule has 0 bridgehead atoms. The summed E-state index contributed by atoms with van der Waals surface area (Å²) in [5.41, 5.74) is 0. The van der Waals surface area contributed by atoms with Crippen LogP contribution in [0.15, 0.2) is 12.7 Å². The summed E-state index contributed by atoms with van der Waals surface area (Å²) in [4.78, 5) is 0. The SMILES string of the molecule is C=CCCOC(C)O[SiH3]. The topological polar surface area (TPSA) is 18.5 Å². The summed E-state index contributed by atoms with van der Waals surface area (Å²) in [7, 11) is 0.740. The zero-order valence-electron chi connectivity index (χ0n) is 6.09. The van der Waals surface area contributed by atoms with E-state index >= 15 is 0 Å². The van der Waals surface area contributed by atoms with Crippen LogP contribution in [0.25, 0.3) is 0 Å². The first kappa shape index (κ1) is 8.88. The van der Waals surface area contributed by atoms with Crippen molar-refractivity contribution in [2.45, 2.75) is 19.6 Å². The van der Waals surface area contributed by atoms with E-state index in [1.807, 2.05) is 13.0 Å². The fourth-order valence-corrected chi connectivity index (χ4v) is 0.521. The Morgan fingerprint density at radius 1 is 1.78 bits per heavy atom. The van der Waals surface area contributed by atoms with Crippen LogP contribution in [0.3, 0.4) is 0 Å². The summed E-state index contributed by atoms with van der Waals surface area (Å²) in [6, 6.07) is 0. The summed E-state index contributed by atoms with van der Waals surface area (Å²) in [6.07, 6.45) is 2.70. The van der Waals surface area contributed by atoms with Crippen LogP contribution in [0.2, 0.25) is 0 Å². The van der Waals surface area contributed by atoms with Crippen LogP contribution in [0.4, 0.5) is 0 Å².